The van der Waals surface area contributed by atoms with E-state index < -0.39 is 6.04 Å². The zero-order valence-corrected chi connectivity index (χ0v) is 14.3. The van der Waals surface area contributed by atoms with Gasteiger partial charge in [-0.15, -0.1) is 12.4 Å². The van der Waals surface area contributed by atoms with Gasteiger partial charge >= 0.3 is 0 Å². The topological polar surface area (TPSA) is 55.1 Å². The van der Waals surface area contributed by atoms with Crippen LogP contribution in [0, 0.1) is 0 Å². The number of nitrogens with two attached hydrogens (primary N) is 1. The summed E-state index contributed by atoms with van der Waals surface area (Å²) in [6.07, 6.45) is 2.37. The number of benzene rings is 2. The molecule has 0 radical (unpaired) electrons. The zero-order chi connectivity index (χ0) is 15.8. The highest BCUT2D eigenvalue weighted by atomic mass is 35.5. The number of hydrogen-bond acceptors (Lipinski definition) is 2. The van der Waals surface area contributed by atoms with Crippen LogP contribution in [-0.4, -0.2) is 11.9 Å². The Hall–Kier alpha value is -1.84. The number of amides is 1. The third-order valence-corrected chi connectivity index (χ3v) is 3.74. The largest absolute Gasteiger partial charge is 0.348 e. The van der Waals surface area contributed by atoms with E-state index in [0.717, 1.165) is 18.4 Å². The average Bonchev–Trinajstić information content (AvgIpc) is 2.56. The number of carbonyl (C=O) groups excluding carboxylic acids is 1. The summed E-state index contributed by atoms with van der Waals surface area (Å²) >= 11 is 0. The minimum Gasteiger partial charge on any atom is -0.348 e. The zero-order valence-electron chi connectivity index (χ0n) is 13.4. The van der Waals surface area contributed by atoms with Crippen LogP contribution in [0.3, 0.4) is 0 Å². The Bertz CT molecular complexity index is 574. The molecule has 1 amide bonds. The lowest BCUT2D eigenvalue weighted by molar-refractivity contribution is -0.123. The Balaban J connectivity index is 0.00000264. The van der Waals surface area contributed by atoms with Gasteiger partial charge in [0.1, 0.15) is 0 Å². The number of rotatable bonds is 7. The van der Waals surface area contributed by atoms with Gasteiger partial charge in [-0.2, -0.15) is 0 Å². The van der Waals surface area contributed by atoms with E-state index in [1.807, 2.05) is 55.5 Å². The van der Waals surface area contributed by atoms with Gasteiger partial charge in [0.15, 0.2) is 0 Å². The molecule has 0 aromatic heterocycles. The third-order valence-electron chi connectivity index (χ3n) is 3.74. The molecule has 0 saturated heterocycles. The minimum atomic E-state index is -0.438. The van der Waals surface area contributed by atoms with Gasteiger partial charge in [0.25, 0.3) is 0 Å². The molecule has 0 spiro atoms. The van der Waals surface area contributed by atoms with Crippen molar-refractivity contribution in [3.63, 3.8) is 0 Å². The lowest BCUT2D eigenvalue weighted by atomic mass is 9.98. The highest BCUT2D eigenvalue weighted by Gasteiger charge is 2.19. The van der Waals surface area contributed by atoms with Gasteiger partial charge in [-0.25, -0.2) is 0 Å². The van der Waals surface area contributed by atoms with Crippen molar-refractivity contribution < 1.29 is 4.79 Å². The van der Waals surface area contributed by atoms with Crippen LogP contribution < -0.4 is 11.1 Å². The summed E-state index contributed by atoms with van der Waals surface area (Å²) in [5, 5.41) is 3.10. The molecule has 2 unspecified atom stereocenters. The third kappa shape index (κ3) is 6.05. The smallest absolute Gasteiger partial charge is 0.237 e. The standard InChI is InChI=1S/C19H24N2O.ClH/c1-2-9-17(20)19(22)21-18(16-12-7-4-8-13-16)14-15-10-5-3-6-11-15;/h3-8,10-13,17-18H,2,9,14,20H2,1H3,(H,21,22);1H. The molecule has 0 heterocycles. The summed E-state index contributed by atoms with van der Waals surface area (Å²) in [5.41, 5.74) is 8.23. The number of carbonyl (C=O) groups is 1. The van der Waals surface area contributed by atoms with Crippen LogP contribution in [0.2, 0.25) is 0 Å². The van der Waals surface area contributed by atoms with E-state index in [4.69, 9.17) is 5.73 Å². The van der Waals surface area contributed by atoms with Crippen LogP contribution >= 0.6 is 12.4 Å². The second-order valence-electron chi connectivity index (χ2n) is 5.56. The molecule has 0 aliphatic heterocycles. The van der Waals surface area contributed by atoms with Crippen molar-refractivity contribution in [1.82, 2.24) is 5.32 Å². The van der Waals surface area contributed by atoms with E-state index in [-0.39, 0.29) is 24.4 Å². The van der Waals surface area contributed by atoms with Gasteiger partial charge in [-0.1, -0.05) is 74.0 Å². The van der Waals surface area contributed by atoms with E-state index in [0.29, 0.717) is 6.42 Å². The molecule has 0 saturated carbocycles. The van der Waals surface area contributed by atoms with Gasteiger partial charge in [-0.3, -0.25) is 4.79 Å². The van der Waals surface area contributed by atoms with Gasteiger partial charge < -0.3 is 11.1 Å². The van der Waals surface area contributed by atoms with Gasteiger partial charge in [0, 0.05) is 0 Å². The predicted molar refractivity (Wildman–Crippen MR) is 97.6 cm³/mol. The van der Waals surface area contributed by atoms with Crippen LogP contribution in [0.5, 0.6) is 0 Å². The normalized spacial score (nSPS) is 12.8. The quantitative estimate of drug-likeness (QED) is 0.813. The molecule has 2 aromatic carbocycles. The molecule has 3 N–H and O–H groups in total. The summed E-state index contributed by atoms with van der Waals surface area (Å²) < 4.78 is 0. The summed E-state index contributed by atoms with van der Waals surface area (Å²) in [6.45, 7) is 2.03. The van der Waals surface area contributed by atoms with Crippen LogP contribution in [0.25, 0.3) is 0 Å². The van der Waals surface area contributed by atoms with Crippen LogP contribution in [0.4, 0.5) is 0 Å². The van der Waals surface area contributed by atoms with Crippen molar-refractivity contribution in [2.75, 3.05) is 0 Å². The first kappa shape index (κ1) is 19.2. The van der Waals surface area contributed by atoms with Gasteiger partial charge in [-0.05, 0) is 24.0 Å². The van der Waals surface area contributed by atoms with Crippen molar-refractivity contribution >= 4 is 18.3 Å². The minimum absolute atomic E-state index is 0. The SMILES string of the molecule is CCCC(N)C(=O)NC(Cc1ccccc1)c1ccccc1.Cl. The summed E-state index contributed by atoms with van der Waals surface area (Å²) in [4.78, 5) is 12.3. The molecule has 2 atom stereocenters. The molecule has 2 aromatic rings. The summed E-state index contributed by atoms with van der Waals surface area (Å²) in [7, 11) is 0. The molecule has 4 heteroatoms. The molecule has 2 rings (SSSR count). The Morgan fingerprint density at radius 3 is 2.17 bits per heavy atom. The van der Waals surface area contributed by atoms with Crippen molar-refractivity contribution in [2.24, 2.45) is 5.73 Å². The molecule has 0 fully saturated rings. The second-order valence-corrected chi connectivity index (χ2v) is 5.56. The fraction of sp³-hybridized carbons (Fsp3) is 0.316. The van der Waals surface area contributed by atoms with Crippen LogP contribution in [0.1, 0.15) is 36.9 Å². The fourth-order valence-corrected chi connectivity index (χ4v) is 2.51. The molecule has 3 nitrogen and oxygen atoms in total. The van der Waals surface area contributed by atoms with Gasteiger partial charge in [0.2, 0.25) is 5.91 Å². The first-order valence-corrected chi connectivity index (χ1v) is 7.85. The molecular weight excluding hydrogens is 308 g/mol. The average molecular weight is 333 g/mol. The Labute approximate surface area is 144 Å². The van der Waals surface area contributed by atoms with Crippen molar-refractivity contribution in [3.8, 4) is 0 Å². The van der Waals surface area contributed by atoms with E-state index in [1.165, 1.54) is 5.56 Å². The Morgan fingerprint density at radius 1 is 1.04 bits per heavy atom. The van der Waals surface area contributed by atoms with Crippen molar-refractivity contribution in [3.05, 3.63) is 71.8 Å². The maximum Gasteiger partial charge on any atom is 0.237 e. The molecule has 124 valence electrons. The number of halogens is 1. The molecule has 0 aliphatic rings. The van der Waals surface area contributed by atoms with Crippen LogP contribution in [-0.2, 0) is 11.2 Å². The molecule has 23 heavy (non-hydrogen) atoms. The fourth-order valence-electron chi connectivity index (χ4n) is 2.51. The summed E-state index contributed by atoms with van der Waals surface area (Å²) in [6, 6.07) is 19.7. The van der Waals surface area contributed by atoms with Crippen molar-refractivity contribution in [2.45, 2.75) is 38.3 Å². The monoisotopic (exact) mass is 332 g/mol. The number of nitrogens with one attached hydrogen (secondary N) is 1. The maximum atomic E-state index is 12.3. The molecule has 0 bridgehead atoms. The van der Waals surface area contributed by atoms with E-state index >= 15 is 0 Å². The lowest BCUT2D eigenvalue weighted by Gasteiger charge is -2.21. The highest BCUT2D eigenvalue weighted by molar-refractivity contribution is 5.85. The number of hydrogen-bond donors (Lipinski definition) is 2. The predicted octanol–water partition coefficient (Wildman–Crippen LogP) is 3.64. The van der Waals surface area contributed by atoms with E-state index in [2.05, 4.69) is 17.4 Å². The molecule has 0 aliphatic carbocycles. The second kappa shape index (κ2) is 10.0. The lowest BCUT2D eigenvalue weighted by Crippen LogP contribution is -2.42. The van der Waals surface area contributed by atoms with Crippen molar-refractivity contribution in [1.29, 1.82) is 0 Å². The molecular formula is C19H25ClN2O. The maximum absolute atomic E-state index is 12.3. The Kier molecular flexibility index (Phi) is 8.38. The van der Waals surface area contributed by atoms with Gasteiger partial charge in [0.05, 0.1) is 12.1 Å². The first-order chi connectivity index (χ1) is 10.7. The van der Waals surface area contributed by atoms with E-state index in [9.17, 15) is 4.79 Å². The highest BCUT2D eigenvalue weighted by Crippen LogP contribution is 2.18. The summed E-state index contributed by atoms with van der Waals surface area (Å²) in [5.74, 6) is -0.0772. The Morgan fingerprint density at radius 2 is 1.61 bits per heavy atom. The van der Waals surface area contributed by atoms with E-state index in [1.54, 1.807) is 0 Å². The first-order valence-electron chi connectivity index (χ1n) is 7.85. The van der Waals surface area contributed by atoms with Crippen LogP contribution in [0.15, 0.2) is 60.7 Å².